The molecule has 0 aliphatic carbocycles. The number of carboxylic acid groups (broad SMARTS) is 1. The molecule has 4 rings (SSSR count). The highest BCUT2D eigenvalue weighted by Gasteiger charge is 2.20. The lowest BCUT2D eigenvalue weighted by Crippen LogP contribution is -2.24. The summed E-state index contributed by atoms with van der Waals surface area (Å²) in [4.78, 5) is 16.1. The van der Waals surface area contributed by atoms with E-state index in [-0.39, 0.29) is 6.42 Å². The number of carbonyl (C=O) groups excluding carboxylic acids is 1. The monoisotopic (exact) mass is 360 g/mol. The maximum absolute atomic E-state index is 11.0. The highest BCUT2D eigenvalue weighted by atomic mass is 35.5. The summed E-state index contributed by atoms with van der Waals surface area (Å²) in [6.07, 6.45) is 0.519. The Bertz CT molecular complexity index is 931. The van der Waals surface area contributed by atoms with Gasteiger partial charge < -0.3 is 19.1 Å². The minimum Gasteiger partial charge on any atom is -0.550 e. The fraction of sp³-hybridized carbons (Fsp3) is 0.176. The minimum absolute atomic E-state index is 0.317. The summed E-state index contributed by atoms with van der Waals surface area (Å²) < 4.78 is 12.0. The molecule has 0 spiro atoms. The van der Waals surface area contributed by atoms with Crippen molar-refractivity contribution in [2.75, 3.05) is 6.61 Å². The molecule has 24 heavy (non-hydrogen) atoms. The van der Waals surface area contributed by atoms with Gasteiger partial charge in [-0.3, -0.25) is 0 Å². The van der Waals surface area contributed by atoms with E-state index < -0.39 is 5.97 Å². The van der Waals surface area contributed by atoms with Gasteiger partial charge in [0.15, 0.2) is 5.76 Å². The zero-order valence-corrected chi connectivity index (χ0v) is 13.9. The van der Waals surface area contributed by atoms with E-state index >= 15 is 0 Å². The van der Waals surface area contributed by atoms with Crippen molar-refractivity contribution < 1.29 is 19.1 Å². The number of halogens is 1. The first-order valence-corrected chi connectivity index (χ1v) is 8.51. The number of benzene rings is 1. The van der Waals surface area contributed by atoms with Gasteiger partial charge in [0.25, 0.3) is 0 Å². The summed E-state index contributed by atoms with van der Waals surface area (Å²) in [5.74, 6) is 0.454. The van der Waals surface area contributed by atoms with Crippen molar-refractivity contribution in [1.82, 2.24) is 4.98 Å². The Morgan fingerprint density at radius 3 is 2.96 bits per heavy atom. The van der Waals surface area contributed by atoms with Gasteiger partial charge in [-0.25, -0.2) is 4.98 Å². The third-order valence-corrected chi connectivity index (χ3v) is 4.97. The summed E-state index contributed by atoms with van der Waals surface area (Å²) >= 11 is 7.28. The van der Waals surface area contributed by atoms with Crippen LogP contribution in [0.5, 0.6) is 5.75 Å². The molecule has 3 heterocycles. The topological polar surface area (TPSA) is 75.4 Å². The van der Waals surface area contributed by atoms with Crippen LogP contribution in [0.1, 0.15) is 11.3 Å². The molecule has 122 valence electrons. The predicted octanol–water partition coefficient (Wildman–Crippen LogP) is 2.95. The van der Waals surface area contributed by atoms with Gasteiger partial charge in [0.2, 0.25) is 5.89 Å². The summed E-state index contributed by atoms with van der Waals surface area (Å²) in [5.41, 5.74) is 2.21. The molecule has 0 saturated heterocycles. The number of rotatable bonds is 4. The molecule has 0 radical (unpaired) electrons. The van der Waals surface area contributed by atoms with Crippen molar-refractivity contribution in [3.63, 3.8) is 0 Å². The third kappa shape index (κ3) is 2.79. The lowest BCUT2D eigenvalue weighted by Gasteiger charge is -2.00. The molecule has 1 aliphatic rings. The summed E-state index contributed by atoms with van der Waals surface area (Å²) in [7, 11) is 0. The molecule has 2 aromatic heterocycles. The molecular formula is C17H11ClNO4S-. The van der Waals surface area contributed by atoms with Crippen molar-refractivity contribution in [3.8, 4) is 27.8 Å². The second kappa shape index (κ2) is 5.96. The summed E-state index contributed by atoms with van der Waals surface area (Å²) in [5, 5.41) is 11.0. The zero-order chi connectivity index (χ0) is 16.7. The maximum Gasteiger partial charge on any atom is 0.227 e. The number of carbonyl (C=O) groups is 1. The normalized spacial score (nSPS) is 12.9. The number of carboxylic acids is 1. The third-order valence-electron chi connectivity index (χ3n) is 3.74. The molecule has 1 aromatic carbocycles. The van der Waals surface area contributed by atoms with Crippen molar-refractivity contribution >= 4 is 28.9 Å². The van der Waals surface area contributed by atoms with Crippen LogP contribution in [0.3, 0.4) is 0 Å². The Morgan fingerprint density at radius 1 is 1.33 bits per heavy atom. The first-order chi connectivity index (χ1) is 11.6. The minimum atomic E-state index is -1.21. The average Bonchev–Trinajstić information content (AvgIpc) is 3.24. The Balaban J connectivity index is 1.79. The van der Waals surface area contributed by atoms with E-state index in [9.17, 15) is 9.90 Å². The molecule has 5 nitrogen and oxygen atoms in total. The first-order valence-electron chi connectivity index (χ1n) is 7.31. The summed E-state index contributed by atoms with van der Waals surface area (Å²) in [6.45, 7) is 0.666. The molecular weight excluding hydrogens is 350 g/mol. The quantitative estimate of drug-likeness (QED) is 0.715. The highest BCUT2D eigenvalue weighted by molar-refractivity contribution is 7.19. The smallest absolute Gasteiger partial charge is 0.227 e. The molecule has 0 N–H and O–H groups in total. The fourth-order valence-electron chi connectivity index (χ4n) is 2.68. The van der Waals surface area contributed by atoms with Crippen molar-refractivity contribution in [2.24, 2.45) is 0 Å². The van der Waals surface area contributed by atoms with Crippen LogP contribution in [-0.4, -0.2) is 17.6 Å². The number of aliphatic carboxylic acids is 1. The average molecular weight is 361 g/mol. The van der Waals surface area contributed by atoms with E-state index in [0.717, 1.165) is 28.2 Å². The Kier molecular flexibility index (Phi) is 3.78. The number of fused-ring (bicyclic) bond motifs is 1. The lowest BCUT2D eigenvalue weighted by atomic mass is 10.1. The number of oxazole rings is 1. The molecule has 0 unspecified atom stereocenters. The SMILES string of the molecule is O=C([O-])Cc1nc(-c2ccc3c(c2)CCO3)oc1-c1ccc(Cl)s1. The molecule has 0 saturated carbocycles. The van der Waals surface area contributed by atoms with E-state index in [1.807, 2.05) is 18.2 Å². The molecule has 3 aromatic rings. The molecule has 1 aliphatic heterocycles. The first kappa shape index (κ1) is 15.2. The van der Waals surface area contributed by atoms with Crippen LogP contribution >= 0.6 is 22.9 Å². The van der Waals surface area contributed by atoms with Crippen LogP contribution in [0.2, 0.25) is 4.34 Å². The molecule has 0 bridgehead atoms. The Morgan fingerprint density at radius 2 is 2.21 bits per heavy atom. The number of nitrogens with zero attached hydrogens (tertiary/aromatic N) is 1. The van der Waals surface area contributed by atoms with Gasteiger partial charge in [0, 0.05) is 24.4 Å². The van der Waals surface area contributed by atoms with Crippen LogP contribution in [0.25, 0.3) is 22.1 Å². The number of thiophene rings is 1. The van der Waals surface area contributed by atoms with Crippen LogP contribution in [-0.2, 0) is 17.6 Å². The fourth-order valence-corrected chi connectivity index (χ4v) is 3.73. The molecule has 7 heteroatoms. The van der Waals surface area contributed by atoms with Gasteiger partial charge in [0.05, 0.1) is 21.5 Å². The maximum atomic E-state index is 11.0. The number of hydrogen-bond acceptors (Lipinski definition) is 6. The standard InChI is InChI=1S/C17H12ClNO4S/c18-14-4-3-13(24-14)16-11(8-15(20)21)19-17(23-16)10-1-2-12-9(7-10)5-6-22-12/h1-4,7H,5-6,8H2,(H,20,21)/p-1. The van der Waals surface area contributed by atoms with Crippen LogP contribution < -0.4 is 9.84 Å². The number of ether oxygens (including phenoxy) is 1. The Labute approximate surface area is 146 Å². The second-order valence-electron chi connectivity index (χ2n) is 5.37. The van der Waals surface area contributed by atoms with Gasteiger partial charge in [-0.15, -0.1) is 11.3 Å². The van der Waals surface area contributed by atoms with Crippen molar-refractivity contribution in [2.45, 2.75) is 12.8 Å². The van der Waals surface area contributed by atoms with E-state index in [0.29, 0.717) is 28.3 Å². The van der Waals surface area contributed by atoms with Crippen LogP contribution in [0, 0.1) is 0 Å². The van der Waals surface area contributed by atoms with Gasteiger partial charge in [-0.05, 0) is 35.9 Å². The van der Waals surface area contributed by atoms with Crippen LogP contribution in [0.15, 0.2) is 34.7 Å². The molecule has 0 atom stereocenters. The van der Waals surface area contributed by atoms with Gasteiger partial charge in [-0.2, -0.15) is 0 Å². The van der Waals surface area contributed by atoms with Gasteiger partial charge in [-0.1, -0.05) is 11.6 Å². The second-order valence-corrected chi connectivity index (χ2v) is 7.08. The lowest BCUT2D eigenvalue weighted by molar-refractivity contribution is -0.304. The predicted molar refractivity (Wildman–Crippen MR) is 88.2 cm³/mol. The highest BCUT2D eigenvalue weighted by Crippen LogP contribution is 2.37. The molecule has 0 fully saturated rings. The van der Waals surface area contributed by atoms with Gasteiger partial charge >= 0.3 is 0 Å². The van der Waals surface area contributed by atoms with E-state index in [4.69, 9.17) is 20.8 Å². The van der Waals surface area contributed by atoms with Crippen LogP contribution in [0.4, 0.5) is 0 Å². The van der Waals surface area contributed by atoms with Crippen molar-refractivity contribution in [3.05, 3.63) is 45.9 Å². The van der Waals surface area contributed by atoms with Crippen molar-refractivity contribution in [1.29, 1.82) is 0 Å². The number of aromatic nitrogens is 1. The molecule has 0 amide bonds. The van der Waals surface area contributed by atoms with E-state index in [1.54, 1.807) is 12.1 Å². The van der Waals surface area contributed by atoms with E-state index in [1.165, 1.54) is 11.3 Å². The van der Waals surface area contributed by atoms with E-state index in [2.05, 4.69) is 4.98 Å². The Hall–Kier alpha value is -2.31. The van der Waals surface area contributed by atoms with Gasteiger partial charge in [0.1, 0.15) is 5.75 Å². The zero-order valence-electron chi connectivity index (χ0n) is 12.4. The summed E-state index contributed by atoms with van der Waals surface area (Å²) in [6, 6.07) is 9.21. The number of hydrogen-bond donors (Lipinski definition) is 0. The largest absolute Gasteiger partial charge is 0.550 e.